The van der Waals surface area contributed by atoms with Crippen LogP contribution in [0.4, 0.5) is 4.39 Å². The smallest absolute Gasteiger partial charge is 0.261 e. The number of benzene rings is 3. The molecule has 172 valence electrons. The Morgan fingerprint density at radius 2 is 1.52 bits per heavy atom. The van der Waals surface area contributed by atoms with E-state index in [4.69, 9.17) is 4.74 Å². The Balaban J connectivity index is 1.85. The lowest BCUT2D eigenvalue weighted by Crippen LogP contribution is -2.51. The summed E-state index contributed by atoms with van der Waals surface area (Å²) in [6.07, 6.45) is 1.18. The summed E-state index contributed by atoms with van der Waals surface area (Å²) in [5.74, 6) is -0.517. The standard InChI is InChI=1S/C27H29FN2O3/c1-2-17-29-27(32)25(18-21-9-5-3-6-10-21)30(19-22-11-7-4-8-12-22)26(31)20-33-24-15-13-23(28)14-16-24/h3-16,25H,2,17-20H2,1H3,(H,29,32)/t25-/m0/s1. The van der Waals surface area contributed by atoms with Crippen LogP contribution in [0.15, 0.2) is 84.9 Å². The first-order chi connectivity index (χ1) is 16.1. The number of carbonyl (C=O) groups is 2. The molecule has 0 unspecified atom stereocenters. The maximum Gasteiger partial charge on any atom is 0.261 e. The van der Waals surface area contributed by atoms with Crippen molar-refractivity contribution >= 4 is 11.8 Å². The Bertz CT molecular complexity index is 1010. The van der Waals surface area contributed by atoms with Gasteiger partial charge in [-0.25, -0.2) is 4.39 Å². The van der Waals surface area contributed by atoms with Gasteiger partial charge in [0.15, 0.2) is 6.61 Å². The summed E-state index contributed by atoms with van der Waals surface area (Å²) in [6, 6.07) is 24.0. The van der Waals surface area contributed by atoms with E-state index < -0.39 is 6.04 Å². The van der Waals surface area contributed by atoms with Gasteiger partial charge < -0.3 is 15.0 Å². The Morgan fingerprint density at radius 3 is 2.12 bits per heavy atom. The number of rotatable bonds is 11. The van der Waals surface area contributed by atoms with Crippen molar-refractivity contribution in [2.75, 3.05) is 13.2 Å². The number of nitrogens with one attached hydrogen (secondary N) is 1. The molecule has 0 saturated heterocycles. The molecule has 0 radical (unpaired) electrons. The van der Waals surface area contributed by atoms with Crippen LogP contribution < -0.4 is 10.1 Å². The molecular formula is C27H29FN2O3. The van der Waals surface area contributed by atoms with E-state index in [-0.39, 0.29) is 30.8 Å². The monoisotopic (exact) mass is 448 g/mol. The maximum atomic E-state index is 13.3. The second-order valence-corrected chi connectivity index (χ2v) is 7.75. The number of hydrogen-bond donors (Lipinski definition) is 1. The molecule has 3 aromatic rings. The molecule has 1 N–H and O–H groups in total. The maximum absolute atomic E-state index is 13.3. The minimum Gasteiger partial charge on any atom is -0.484 e. The molecule has 3 aromatic carbocycles. The molecule has 5 nitrogen and oxygen atoms in total. The molecule has 6 heteroatoms. The highest BCUT2D eigenvalue weighted by molar-refractivity contribution is 5.88. The van der Waals surface area contributed by atoms with Gasteiger partial charge in [0, 0.05) is 19.5 Å². The normalized spacial score (nSPS) is 11.5. The molecule has 0 aliphatic heterocycles. The molecule has 0 bridgehead atoms. The Labute approximate surface area is 194 Å². The molecule has 0 saturated carbocycles. The van der Waals surface area contributed by atoms with Gasteiger partial charge in [0.05, 0.1) is 0 Å². The van der Waals surface area contributed by atoms with Gasteiger partial charge in [-0.1, -0.05) is 67.6 Å². The van der Waals surface area contributed by atoms with Crippen LogP contribution in [0.25, 0.3) is 0 Å². The summed E-state index contributed by atoms with van der Waals surface area (Å²) < 4.78 is 18.8. The van der Waals surface area contributed by atoms with Crippen molar-refractivity contribution in [3.8, 4) is 5.75 Å². The number of amides is 2. The van der Waals surface area contributed by atoms with Gasteiger partial charge in [0.25, 0.3) is 5.91 Å². The van der Waals surface area contributed by atoms with E-state index in [1.807, 2.05) is 67.6 Å². The van der Waals surface area contributed by atoms with Crippen LogP contribution in [-0.2, 0) is 22.6 Å². The van der Waals surface area contributed by atoms with Crippen molar-refractivity contribution in [3.05, 3.63) is 102 Å². The molecule has 2 amide bonds. The van der Waals surface area contributed by atoms with Gasteiger partial charge in [-0.3, -0.25) is 9.59 Å². The van der Waals surface area contributed by atoms with Crippen LogP contribution in [0, 0.1) is 5.82 Å². The summed E-state index contributed by atoms with van der Waals surface area (Å²) in [7, 11) is 0. The van der Waals surface area contributed by atoms with Gasteiger partial charge in [-0.2, -0.15) is 0 Å². The predicted molar refractivity (Wildman–Crippen MR) is 126 cm³/mol. The zero-order valence-electron chi connectivity index (χ0n) is 18.7. The van der Waals surface area contributed by atoms with Crippen molar-refractivity contribution < 1.29 is 18.7 Å². The molecule has 0 spiro atoms. The first-order valence-corrected chi connectivity index (χ1v) is 11.1. The van der Waals surface area contributed by atoms with Crippen molar-refractivity contribution in [1.82, 2.24) is 10.2 Å². The molecule has 0 aromatic heterocycles. The average Bonchev–Trinajstić information content (AvgIpc) is 2.85. The highest BCUT2D eigenvalue weighted by Crippen LogP contribution is 2.16. The molecule has 33 heavy (non-hydrogen) atoms. The molecule has 0 aliphatic rings. The van der Waals surface area contributed by atoms with Gasteiger partial charge in [0.2, 0.25) is 5.91 Å². The minimum atomic E-state index is -0.705. The van der Waals surface area contributed by atoms with E-state index in [1.54, 1.807) is 4.90 Å². The number of ether oxygens (including phenoxy) is 1. The zero-order chi connectivity index (χ0) is 23.5. The topological polar surface area (TPSA) is 58.6 Å². The summed E-state index contributed by atoms with van der Waals surface area (Å²) in [5.41, 5.74) is 1.87. The second kappa shape index (κ2) is 12.4. The van der Waals surface area contributed by atoms with E-state index in [1.165, 1.54) is 24.3 Å². The van der Waals surface area contributed by atoms with Crippen LogP contribution >= 0.6 is 0 Å². The molecule has 1 atom stereocenters. The van der Waals surface area contributed by atoms with Crippen molar-refractivity contribution in [2.24, 2.45) is 0 Å². The third-order valence-electron chi connectivity index (χ3n) is 5.19. The van der Waals surface area contributed by atoms with E-state index in [0.717, 1.165) is 17.5 Å². The minimum absolute atomic E-state index is 0.202. The number of hydrogen-bond acceptors (Lipinski definition) is 3. The van der Waals surface area contributed by atoms with Crippen LogP contribution in [0.2, 0.25) is 0 Å². The molecule has 3 rings (SSSR count). The third kappa shape index (κ3) is 7.45. The van der Waals surface area contributed by atoms with Crippen molar-refractivity contribution in [3.63, 3.8) is 0 Å². The second-order valence-electron chi connectivity index (χ2n) is 7.75. The van der Waals surface area contributed by atoms with Crippen molar-refractivity contribution in [2.45, 2.75) is 32.4 Å². The highest BCUT2D eigenvalue weighted by Gasteiger charge is 2.30. The lowest BCUT2D eigenvalue weighted by molar-refractivity contribution is -0.142. The Morgan fingerprint density at radius 1 is 0.909 bits per heavy atom. The number of carbonyl (C=O) groups excluding carboxylic acids is 2. The van der Waals surface area contributed by atoms with E-state index in [9.17, 15) is 14.0 Å². The zero-order valence-corrected chi connectivity index (χ0v) is 18.7. The number of halogens is 1. The summed E-state index contributed by atoms with van der Waals surface area (Å²) >= 11 is 0. The lowest BCUT2D eigenvalue weighted by Gasteiger charge is -2.31. The molecule has 0 aliphatic carbocycles. The number of nitrogens with zero attached hydrogens (tertiary/aromatic N) is 1. The highest BCUT2D eigenvalue weighted by atomic mass is 19.1. The summed E-state index contributed by atoms with van der Waals surface area (Å²) in [4.78, 5) is 28.1. The SMILES string of the molecule is CCCNC(=O)[C@H](Cc1ccccc1)N(Cc1ccccc1)C(=O)COc1ccc(F)cc1. The van der Waals surface area contributed by atoms with Gasteiger partial charge in [0.1, 0.15) is 17.6 Å². The average molecular weight is 449 g/mol. The molecular weight excluding hydrogens is 419 g/mol. The molecule has 0 fully saturated rings. The van der Waals surface area contributed by atoms with E-state index >= 15 is 0 Å². The van der Waals surface area contributed by atoms with Crippen LogP contribution in [-0.4, -0.2) is 35.9 Å². The fraction of sp³-hybridized carbons (Fsp3) is 0.259. The molecule has 0 heterocycles. The third-order valence-corrected chi connectivity index (χ3v) is 5.19. The van der Waals surface area contributed by atoms with Crippen LogP contribution in [0.5, 0.6) is 5.75 Å². The van der Waals surface area contributed by atoms with Crippen LogP contribution in [0.1, 0.15) is 24.5 Å². The van der Waals surface area contributed by atoms with Crippen molar-refractivity contribution in [1.29, 1.82) is 0 Å². The Kier molecular flexibility index (Phi) is 9.00. The fourth-order valence-electron chi connectivity index (χ4n) is 3.46. The van der Waals surface area contributed by atoms with Gasteiger partial charge in [-0.15, -0.1) is 0 Å². The quantitative estimate of drug-likeness (QED) is 0.474. The predicted octanol–water partition coefficient (Wildman–Crippen LogP) is 4.37. The van der Waals surface area contributed by atoms with Gasteiger partial charge >= 0.3 is 0 Å². The summed E-state index contributed by atoms with van der Waals surface area (Å²) in [5, 5.41) is 2.94. The summed E-state index contributed by atoms with van der Waals surface area (Å²) in [6.45, 7) is 2.52. The van der Waals surface area contributed by atoms with E-state index in [2.05, 4.69) is 5.32 Å². The van der Waals surface area contributed by atoms with Gasteiger partial charge in [-0.05, 0) is 41.8 Å². The lowest BCUT2D eigenvalue weighted by atomic mass is 10.0. The Hall–Kier alpha value is -3.67. The first kappa shape index (κ1) is 24.0. The van der Waals surface area contributed by atoms with E-state index in [0.29, 0.717) is 18.7 Å². The van der Waals surface area contributed by atoms with Crippen LogP contribution in [0.3, 0.4) is 0 Å². The first-order valence-electron chi connectivity index (χ1n) is 11.1. The fourth-order valence-corrected chi connectivity index (χ4v) is 3.46. The largest absolute Gasteiger partial charge is 0.484 e.